The van der Waals surface area contributed by atoms with E-state index in [1.165, 1.54) is 6.07 Å². The predicted octanol–water partition coefficient (Wildman–Crippen LogP) is 4.14. The van der Waals surface area contributed by atoms with Crippen LogP contribution >= 0.6 is 0 Å². The summed E-state index contributed by atoms with van der Waals surface area (Å²) < 4.78 is 27.1. The molecule has 38 heavy (non-hydrogen) atoms. The van der Waals surface area contributed by atoms with Crippen molar-refractivity contribution in [1.82, 2.24) is 30.0 Å². The third-order valence-electron chi connectivity index (χ3n) is 6.90. The van der Waals surface area contributed by atoms with Crippen molar-refractivity contribution in [2.24, 2.45) is 0 Å². The average Bonchev–Trinajstić information content (AvgIpc) is 3.28. The molecular formula is C28H28F2N6O2. The number of hydrogen-bond acceptors (Lipinski definition) is 5. The number of aryl methyl sites for hydroxylation is 2. The minimum atomic E-state index is -2.63. The Morgan fingerprint density at radius 1 is 1.08 bits per heavy atom. The lowest BCUT2D eigenvalue weighted by Gasteiger charge is -2.39. The van der Waals surface area contributed by atoms with Gasteiger partial charge in [0, 0.05) is 43.0 Å². The minimum Gasteiger partial charge on any atom is -0.347 e. The van der Waals surface area contributed by atoms with Gasteiger partial charge in [-0.05, 0) is 49.6 Å². The van der Waals surface area contributed by atoms with E-state index in [4.69, 9.17) is 0 Å². The number of piperidine rings is 1. The normalized spacial score (nSPS) is 17.7. The van der Waals surface area contributed by atoms with Crippen LogP contribution in [0, 0.1) is 13.8 Å². The first kappa shape index (κ1) is 25.4. The van der Waals surface area contributed by atoms with Crippen molar-refractivity contribution < 1.29 is 18.4 Å². The molecule has 1 saturated heterocycles. The van der Waals surface area contributed by atoms with Crippen molar-refractivity contribution in [1.29, 1.82) is 0 Å². The summed E-state index contributed by atoms with van der Waals surface area (Å²) in [7, 11) is 0. The number of hydrogen-bond donors (Lipinski definition) is 1. The van der Waals surface area contributed by atoms with Crippen LogP contribution in [-0.2, 0) is 6.54 Å². The molecule has 0 unspecified atom stereocenters. The van der Waals surface area contributed by atoms with Gasteiger partial charge in [0.1, 0.15) is 12.2 Å². The van der Waals surface area contributed by atoms with Crippen LogP contribution in [0.4, 0.5) is 8.78 Å². The van der Waals surface area contributed by atoms with Gasteiger partial charge in [0.25, 0.3) is 18.2 Å². The molecule has 10 heteroatoms. The summed E-state index contributed by atoms with van der Waals surface area (Å²) in [4.78, 5) is 37.3. The fraction of sp³-hybridized carbons (Fsp3) is 0.321. The molecule has 5 rings (SSSR count). The highest BCUT2D eigenvalue weighted by Gasteiger charge is 2.34. The van der Waals surface area contributed by atoms with E-state index in [2.05, 4.69) is 20.4 Å². The molecule has 0 aliphatic carbocycles. The van der Waals surface area contributed by atoms with Gasteiger partial charge < -0.3 is 10.2 Å². The minimum absolute atomic E-state index is 0.0980. The monoisotopic (exact) mass is 518 g/mol. The van der Waals surface area contributed by atoms with Gasteiger partial charge in [-0.2, -0.15) is 5.10 Å². The van der Waals surface area contributed by atoms with E-state index in [0.29, 0.717) is 36.3 Å². The molecule has 1 N–H and O–H groups in total. The lowest BCUT2D eigenvalue weighted by Crippen LogP contribution is -2.51. The molecule has 4 aromatic rings. The summed E-state index contributed by atoms with van der Waals surface area (Å²) in [5, 5.41) is 7.10. The summed E-state index contributed by atoms with van der Waals surface area (Å²) >= 11 is 0. The summed E-state index contributed by atoms with van der Waals surface area (Å²) in [6, 6.07) is 14.5. The van der Waals surface area contributed by atoms with Gasteiger partial charge in [-0.3, -0.25) is 24.2 Å². The number of carbonyl (C=O) groups excluding carboxylic acids is 2. The Hall–Kier alpha value is -4.21. The second-order valence-corrected chi connectivity index (χ2v) is 9.60. The Labute approximate surface area is 218 Å². The van der Waals surface area contributed by atoms with Crippen molar-refractivity contribution in [3.8, 4) is 0 Å². The zero-order valence-electron chi connectivity index (χ0n) is 21.1. The molecule has 0 radical (unpaired) electrons. The third-order valence-corrected chi connectivity index (χ3v) is 6.90. The molecule has 3 heterocycles. The quantitative estimate of drug-likeness (QED) is 0.414. The molecule has 2 amide bonds. The maximum atomic E-state index is 13.6. The van der Waals surface area contributed by atoms with E-state index in [1.807, 2.05) is 43.3 Å². The van der Waals surface area contributed by atoms with Gasteiger partial charge in [-0.1, -0.05) is 30.3 Å². The maximum Gasteiger partial charge on any atom is 0.269 e. The van der Waals surface area contributed by atoms with Gasteiger partial charge in [0.05, 0.1) is 16.7 Å². The van der Waals surface area contributed by atoms with E-state index in [1.54, 1.807) is 30.3 Å². The van der Waals surface area contributed by atoms with Crippen LogP contribution in [0.1, 0.15) is 50.0 Å². The first-order chi connectivity index (χ1) is 18.3. The number of carbonyl (C=O) groups is 2. The number of benzene rings is 2. The lowest BCUT2D eigenvalue weighted by molar-refractivity contribution is 0.0670. The maximum absolute atomic E-state index is 13.6. The largest absolute Gasteiger partial charge is 0.347 e. The number of aromatic nitrogens is 4. The van der Waals surface area contributed by atoms with Crippen molar-refractivity contribution in [3.05, 3.63) is 89.0 Å². The molecule has 0 spiro atoms. The summed E-state index contributed by atoms with van der Waals surface area (Å²) in [6.45, 7) is 3.74. The lowest BCUT2D eigenvalue weighted by atomic mass is 9.85. The zero-order chi connectivity index (χ0) is 26.8. The van der Waals surface area contributed by atoms with Crippen LogP contribution in [0.2, 0.25) is 0 Å². The molecule has 8 nitrogen and oxygen atoms in total. The fourth-order valence-corrected chi connectivity index (χ4v) is 5.14. The van der Waals surface area contributed by atoms with Gasteiger partial charge >= 0.3 is 0 Å². The first-order valence-electron chi connectivity index (χ1n) is 12.5. The van der Waals surface area contributed by atoms with Crippen LogP contribution in [0.3, 0.4) is 0 Å². The number of likely N-dealkylation sites (tertiary alicyclic amines) is 1. The van der Waals surface area contributed by atoms with E-state index >= 15 is 0 Å². The highest BCUT2D eigenvalue weighted by Crippen LogP contribution is 2.29. The Kier molecular flexibility index (Phi) is 7.13. The van der Waals surface area contributed by atoms with Crippen molar-refractivity contribution in [2.75, 3.05) is 13.1 Å². The van der Waals surface area contributed by atoms with Crippen molar-refractivity contribution >= 4 is 22.8 Å². The van der Waals surface area contributed by atoms with E-state index < -0.39 is 18.9 Å². The Balaban J connectivity index is 1.39. The van der Waals surface area contributed by atoms with Gasteiger partial charge in [-0.15, -0.1) is 0 Å². The van der Waals surface area contributed by atoms with Crippen LogP contribution < -0.4 is 5.32 Å². The molecule has 1 fully saturated rings. The van der Waals surface area contributed by atoms with Crippen LogP contribution in [0.5, 0.6) is 0 Å². The predicted molar refractivity (Wildman–Crippen MR) is 138 cm³/mol. The number of nitrogens with one attached hydrogen (secondary N) is 1. The second-order valence-electron chi connectivity index (χ2n) is 9.60. The Morgan fingerprint density at radius 2 is 1.84 bits per heavy atom. The van der Waals surface area contributed by atoms with Crippen molar-refractivity contribution in [3.63, 3.8) is 0 Å². The highest BCUT2D eigenvalue weighted by molar-refractivity contribution is 5.98. The van der Waals surface area contributed by atoms with Crippen LogP contribution in [0.15, 0.2) is 60.9 Å². The molecular weight excluding hydrogens is 490 g/mol. The van der Waals surface area contributed by atoms with Gasteiger partial charge in [-0.25, -0.2) is 8.78 Å². The highest BCUT2D eigenvalue weighted by atomic mass is 19.3. The van der Waals surface area contributed by atoms with Crippen LogP contribution in [-0.4, -0.2) is 62.0 Å². The molecule has 2 aromatic heterocycles. The number of fused-ring (bicyclic) bond motifs is 1. The number of amides is 2. The first-order valence-corrected chi connectivity index (χ1v) is 12.5. The van der Waals surface area contributed by atoms with Gasteiger partial charge in [0.2, 0.25) is 0 Å². The number of nitrogens with zero attached hydrogens (tertiary/aromatic N) is 5. The smallest absolute Gasteiger partial charge is 0.269 e. The standard InChI is InChI=1S/C28H28F2N6O2/c1-17-12-20(14-23-26(17)32-10-9-31-23)28(38)35-11-8-22(21(15-35)19-6-4-3-5-7-19)33-27(37)24-13-18(2)34-36(24)16-25(29)30/h3-7,9-10,12-14,21-22,25H,8,11,15-16H2,1-2H3,(H,33,37)/t21-,22-/m1/s1. The van der Waals surface area contributed by atoms with E-state index in [0.717, 1.165) is 21.3 Å². The third kappa shape index (κ3) is 5.25. The number of rotatable bonds is 6. The van der Waals surface area contributed by atoms with Gasteiger partial charge in [0.15, 0.2) is 0 Å². The SMILES string of the molecule is Cc1cc(C(=O)N[C@@H]2CCN(C(=O)c3cc(C)c4nccnc4c3)C[C@@H]2c2ccccc2)n(CC(F)F)n1. The van der Waals surface area contributed by atoms with E-state index in [-0.39, 0.29) is 23.6 Å². The Bertz CT molecular complexity index is 1470. The molecule has 196 valence electrons. The average molecular weight is 519 g/mol. The fourth-order valence-electron chi connectivity index (χ4n) is 5.14. The summed E-state index contributed by atoms with van der Waals surface area (Å²) in [5.41, 5.74) is 4.40. The Morgan fingerprint density at radius 3 is 2.61 bits per heavy atom. The zero-order valence-corrected chi connectivity index (χ0v) is 21.1. The van der Waals surface area contributed by atoms with E-state index in [9.17, 15) is 18.4 Å². The molecule has 2 atom stereocenters. The molecule has 0 bridgehead atoms. The summed E-state index contributed by atoms with van der Waals surface area (Å²) in [6.07, 6.45) is 1.11. The second kappa shape index (κ2) is 10.6. The molecule has 1 aliphatic heterocycles. The van der Waals surface area contributed by atoms with Crippen LogP contribution in [0.25, 0.3) is 11.0 Å². The number of alkyl halides is 2. The molecule has 0 saturated carbocycles. The number of halogens is 2. The topological polar surface area (TPSA) is 93.0 Å². The molecule has 1 aliphatic rings. The van der Waals surface area contributed by atoms with Crippen molar-refractivity contribution in [2.45, 2.75) is 45.2 Å². The molecule has 2 aromatic carbocycles. The summed E-state index contributed by atoms with van der Waals surface area (Å²) in [5.74, 6) is -0.760.